The second kappa shape index (κ2) is 10.1. The van der Waals surface area contributed by atoms with Gasteiger partial charge in [-0.3, -0.25) is 15.1 Å². The summed E-state index contributed by atoms with van der Waals surface area (Å²) in [7, 11) is 0. The number of nitrogens with zero attached hydrogens (tertiary/aromatic N) is 5. The molecule has 0 bridgehead atoms. The number of aryl methyl sites for hydroxylation is 1. The number of rotatable bonds is 7. The van der Waals surface area contributed by atoms with E-state index >= 15 is 0 Å². The fourth-order valence-corrected chi connectivity index (χ4v) is 3.80. The molecule has 3 aromatic heterocycles. The molecule has 0 saturated heterocycles. The Morgan fingerprint density at radius 1 is 1.03 bits per heavy atom. The standard InChI is InChI=1S/C25H27N7O2/c1-4-31(5-2)24(33)23(18-9-7-6-8-10-18)30-25(34)29-22-14-19-15-28-32(21(19)16-27-22)20-11-12-26-17(3)13-20/h6-16,23H,4-5H2,1-3H3,(H2,27,29,30,34)/t23-/m0/s1. The number of fused-ring (bicyclic) bond motifs is 1. The summed E-state index contributed by atoms with van der Waals surface area (Å²) in [4.78, 5) is 36.2. The van der Waals surface area contributed by atoms with E-state index < -0.39 is 12.1 Å². The van der Waals surface area contributed by atoms with Gasteiger partial charge in [-0.1, -0.05) is 30.3 Å². The second-order valence-electron chi connectivity index (χ2n) is 7.79. The molecule has 0 radical (unpaired) electrons. The molecule has 174 valence electrons. The number of likely N-dealkylation sites (N-methyl/N-ethyl adjacent to an activating group) is 1. The Balaban J connectivity index is 1.54. The molecular formula is C25H27N7O2. The van der Waals surface area contributed by atoms with E-state index in [0.29, 0.717) is 24.5 Å². The van der Waals surface area contributed by atoms with Crippen LogP contribution in [-0.2, 0) is 4.79 Å². The molecule has 4 rings (SSSR count). The van der Waals surface area contributed by atoms with Crippen molar-refractivity contribution in [3.05, 3.63) is 78.4 Å². The third kappa shape index (κ3) is 4.88. The maximum Gasteiger partial charge on any atom is 0.321 e. The minimum atomic E-state index is -0.803. The molecule has 4 aromatic rings. The molecule has 2 N–H and O–H groups in total. The Labute approximate surface area is 197 Å². The van der Waals surface area contributed by atoms with Gasteiger partial charge in [0.25, 0.3) is 0 Å². The molecule has 0 unspecified atom stereocenters. The van der Waals surface area contributed by atoms with Crippen molar-refractivity contribution in [2.45, 2.75) is 26.8 Å². The molecular weight excluding hydrogens is 430 g/mol. The lowest BCUT2D eigenvalue weighted by atomic mass is 10.1. The lowest BCUT2D eigenvalue weighted by Gasteiger charge is -2.26. The van der Waals surface area contributed by atoms with E-state index in [1.54, 1.807) is 34.2 Å². The van der Waals surface area contributed by atoms with Crippen LogP contribution in [0, 0.1) is 6.92 Å². The zero-order valence-electron chi connectivity index (χ0n) is 19.4. The van der Waals surface area contributed by atoms with Gasteiger partial charge < -0.3 is 10.2 Å². The van der Waals surface area contributed by atoms with Crippen LogP contribution in [-0.4, -0.2) is 49.7 Å². The molecule has 0 aliphatic heterocycles. The summed E-state index contributed by atoms with van der Waals surface area (Å²) in [5, 5.41) is 10.8. The highest BCUT2D eigenvalue weighted by Crippen LogP contribution is 2.21. The van der Waals surface area contributed by atoms with E-state index in [2.05, 4.69) is 25.7 Å². The number of hydrogen-bond donors (Lipinski definition) is 2. The number of hydrogen-bond acceptors (Lipinski definition) is 5. The van der Waals surface area contributed by atoms with Crippen molar-refractivity contribution in [1.82, 2.24) is 30.0 Å². The van der Waals surface area contributed by atoms with Crippen LogP contribution in [0.15, 0.2) is 67.1 Å². The van der Waals surface area contributed by atoms with Crippen LogP contribution in [0.4, 0.5) is 10.6 Å². The van der Waals surface area contributed by atoms with Gasteiger partial charge in [0, 0.05) is 30.4 Å². The largest absolute Gasteiger partial charge is 0.341 e. The highest BCUT2D eigenvalue weighted by Gasteiger charge is 2.26. The quantitative estimate of drug-likeness (QED) is 0.439. The van der Waals surface area contributed by atoms with Crippen molar-refractivity contribution in [3.63, 3.8) is 0 Å². The van der Waals surface area contributed by atoms with E-state index in [9.17, 15) is 9.59 Å². The van der Waals surface area contributed by atoms with Gasteiger partial charge in [0.1, 0.15) is 11.9 Å². The van der Waals surface area contributed by atoms with Crippen LogP contribution in [0.25, 0.3) is 16.6 Å². The van der Waals surface area contributed by atoms with Crippen LogP contribution >= 0.6 is 0 Å². The van der Waals surface area contributed by atoms with Gasteiger partial charge in [0.15, 0.2) is 0 Å². The molecule has 34 heavy (non-hydrogen) atoms. The normalized spacial score (nSPS) is 11.7. The number of urea groups is 1. The summed E-state index contributed by atoms with van der Waals surface area (Å²) in [5.74, 6) is 0.196. The lowest BCUT2D eigenvalue weighted by Crippen LogP contribution is -2.44. The topological polar surface area (TPSA) is 105 Å². The molecule has 9 nitrogen and oxygen atoms in total. The average Bonchev–Trinajstić information content (AvgIpc) is 3.27. The SMILES string of the molecule is CCN(CC)C(=O)[C@@H](NC(=O)Nc1cc2cnn(-c3ccnc(C)c3)c2cn1)c1ccccc1. The maximum atomic E-state index is 13.1. The maximum absolute atomic E-state index is 13.1. The zero-order chi connectivity index (χ0) is 24.1. The van der Waals surface area contributed by atoms with E-state index in [1.165, 1.54) is 0 Å². The van der Waals surface area contributed by atoms with Gasteiger partial charge in [-0.2, -0.15) is 5.10 Å². The van der Waals surface area contributed by atoms with Gasteiger partial charge in [-0.25, -0.2) is 14.5 Å². The number of pyridine rings is 2. The number of anilines is 1. The number of carbonyl (C=O) groups is 2. The number of amides is 3. The van der Waals surface area contributed by atoms with Crippen molar-refractivity contribution < 1.29 is 9.59 Å². The second-order valence-corrected chi connectivity index (χ2v) is 7.79. The Morgan fingerprint density at radius 2 is 1.79 bits per heavy atom. The predicted octanol–water partition coefficient (Wildman–Crippen LogP) is 3.86. The molecule has 3 heterocycles. The Hall–Kier alpha value is -4.27. The molecule has 9 heteroatoms. The summed E-state index contributed by atoms with van der Waals surface area (Å²) in [5.41, 5.74) is 3.28. The van der Waals surface area contributed by atoms with Crippen LogP contribution in [0.1, 0.15) is 31.1 Å². The highest BCUT2D eigenvalue weighted by molar-refractivity contribution is 5.95. The van der Waals surface area contributed by atoms with Crippen LogP contribution in [0.3, 0.4) is 0 Å². The van der Waals surface area contributed by atoms with Crippen molar-refractivity contribution in [3.8, 4) is 5.69 Å². The van der Waals surface area contributed by atoms with Crippen molar-refractivity contribution in [2.24, 2.45) is 0 Å². The van der Waals surface area contributed by atoms with E-state index in [1.807, 2.05) is 63.2 Å². The molecule has 0 saturated carbocycles. The molecule has 0 aliphatic carbocycles. The van der Waals surface area contributed by atoms with Crippen LogP contribution in [0.2, 0.25) is 0 Å². The molecule has 3 amide bonds. The van der Waals surface area contributed by atoms with Gasteiger partial charge in [0.05, 0.1) is 23.6 Å². The Kier molecular flexibility index (Phi) is 6.82. The minimum Gasteiger partial charge on any atom is -0.341 e. The van der Waals surface area contributed by atoms with E-state index in [-0.39, 0.29) is 5.91 Å². The third-order valence-electron chi connectivity index (χ3n) is 5.55. The first kappa shape index (κ1) is 22.9. The van der Waals surface area contributed by atoms with E-state index in [0.717, 1.165) is 22.3 Å². The minimum absolute atomic E-state index is 0.163. The molecule has 0 aliphatic rings. The number of carbonyl (C=O) groups excluding carboxylic acids is 2. The first-order valence-electron chi connectivity index (χ1n) is 11.2. The molecule has 0 fully saturated rings. The number of aromatic nitrogens is 4. The molecule has 1 atom stereocenters. The third-order valence-corrected chi connectivity index (χ3v) is 5.55. The average molecular weight is 458 g/mol. The van der Waals surface area contributed by atoms with Crippen molar-refractivity contribution >= 4 is 28.7 Å². The summed E-state index contributed by atoms with van der Waals surface area (Å²) in [6, 6.07) is 13.4. The van der Waals surface area contributed by atoms with Crippen LogP contribution < -0.4 is 10.6 Å². The van der Waals surface area contributed by atoms with Crippen molar-refractivity contribution in [1.29, 1.82) is 0 Å². The fraction of sp³-hybridized carbons (Fsp3) is 0.240. The number of nitrogens with one attached hydrogen (secondary N) is 2. The summed E-state index contributed by atoms with van der Waals surface area (Å²) in [6.45, 7) is 6.86. The lowest BCUT2D eigenvalue weighted by molar-refractivity contribution is -0.133. The monoisotopic (exact) mass is 457 g/mol. The van der Waals surface area contributed by atoms with Gasteiger partial charge in [-0.05, 0) is 44.5 Å². The van der Waals surface area contributed by atoms with E-state index in [4.69, 9.17) is 0 Å². The first-order valence-corrected chi connectivity index (χ1v) is 11.2. The Bertz CT molecular complexity index is 1300. The summed E-state index contributed by atoms with van der Waals surface area (Å²) < 4.78 is 1.77. The van der Waals surface area contributed by atoms with Crippen LogP contribution in [0.5, 0.6) is 0 Å². The molecule has 1 aromatic carbocycles. The van der Waals surface area contributed by atoms with Gasteiger partial charge >= 0.3 is 6.03 Å². The van der Waals surface area contributed by atoms with Crippen molar-refractivity contribution in [2.75, 3.05) is 18.4 Å². The Morgan fingerprint density at radius 3 is 2.50 bits per heavy atom. The summed E-state index contributed by atoms with van der Waals surface area (Å²) in [6.07, 6.45) is 5.10. The first-order chi connectivity index (χ1) is 16.5. The summed E-state index contributed by atoms with van der Waals surface area (Å²) >= 11 is 0. The fourth-order valence-electron chi connectivity index (χ4n) is 3.80. The zero-order valence-corrected chi connectivity index (χ0v) is 19.4. The molecule has 0 spiro atoms. The van der Waals surface area contributed by atoms with Gasteiger partial charge in [0.2, 0.25) is 5.91 Å². The highest BCUT2D eigenvalue weighted by atomic mass is 16.2. The number of benzene rings is 1. The van der Waals surface area contributed by atoms with Gasteiger partial charge in [-0.15, -0.1) is 0 Å². The predicted molar refractivity (Wildman–Crippen MR) is 131 cm³/mol. The smallest absolute Gasteiger partial charge is 0.321 e.